The molecule has 0 radical (unpaired) electrons. The van der Waals surface area contributed by atoms with Gasteiger partial charge in [-0.25, -0.2) is 0 Å². The summed E-state index contributed by atoms with van der Waals surface area (Å²) >= 11 is 0. The summed E-state index contributed by atoms with van der Waals surface area (Å²) in [6.45, 7) is 7.71. The summed E-state index contributed by atoms with van der Waals surface area (Å²) in [5, 5.41) is 6.08. The molecule has 33 heavy (non-hydrogen) atoms. The summed E-state index contributed by atoms with van der Waals surface area (Å²) < 4.78 is 5.66. The smallest absolute Gasteiger partial charge is 0.253 e. The molecule has 0 saturated carbocycles. The SMILES string of the molecule is CCCCCCCCC(=O)Nc1ccc(N2CCC(C)CC2)c(C(=O)NCC2CCCO2)c1. The molecule has 1 atom stereocenters. The van der Waals surface area contributed by atoms with E-state index in [1.54, 1.807) is 0 Å². The summed E-state index contributed by atoms with van der Waals surface area (Å²) in [6.07, 6.45) is 11.9. The Hall–Kier alpha value is -2.08. The zero-order chi connectivity index (χ0) is 23.5. The van der Waals surface area contributed by atoms with Crippen LogP contribution >= 0.6 is 0 Å². The van der Waals surface area contributed by atoms with E-state index in [4.69, 9.17) is 4.74 Å². The van der Waals surface area contributed by atoms with Gasteiger partial charge < -0.3 is 20.3 Å². The monoisotopic (exact) mass is 457 g/mol. The highest BCUT2D eigenvalue weighted by Gasteiger charge is 2.23. The lowest BCUT2D eigenvalue weighted by Gasteiger charge is -2.33. The van der Waals surface area contributed by atoms with E-state index < -0.39 is 0 Å². The lowest BCUT2D eigenvalue weighted by atomic mass is 9.97. The van der Waals surface area contributed by atoms with Crippen LogP contribution in [-0.2, 0) is 9.53 Å². The van der Waals surface area contributed by atoms with Crippen LogP contribution in [0.1, 0.15) is 94.8 Å². The highest BCUT2D eigenvalue weighted by molar-refractivity contribution is 6.02. The van der Waals surface area contributed by atoms with E-state index in [0.29, 0.717) is 24.2 Å². The van der Waals surface area contributed by atoms with Crippen molar-refractivity contribution in [3.63, 3.8) is 0 Å². The fourth-order valence-electron chi connectivity index (χ4n) is 4.72. The third-order valence-electron chi connectivity index (χ3n) is 6.92. The number of piperidine rings is 1. The van der Waals surface area contributed by atoms with Crippen LogP contribution in [-0.4, -0.2) is 44.2 Å². The number of carbonyl (C=O) groups excluding carboxylic acids is 2. The molecule has 0 bridgehead atoms. The van der Waals surface area contributed by atoms with Gasteiger partial charge in [-0.05, 0) is 56.2 Å². The molecule has 2 saturated heterocycles. The molecule has 1 unspecified atom stereocenters. The predicted molar refractivity (Wildman–Crippen MR) is 135 cm³/mol. The number of nitrogens with one attached hydrogen (secondary N) is 2. The number of hydrogen-bond acceptors (Lipinski definition) is 4. The van der Waals surface area contributed by atoms with Crippen LogP contribution in [0.25, 0.3) is 0 Å². The van der Waals surface area contributed by atoms with E-state index in [9.17, 15) is 9.59 Å². The van der Waals surface area contributed by atoms with E-state index >= 15 is 0 Å². The van der Waals surface area contributed by atoms with Gasteiger partial charge in [0.2, 0.25) is 5.91 Å². The van der Waals surface area contributed by atoms with E-state index in [-0.39, 0.29) is 17.9 Å². The molecule has 0 aliphatic carbocycles. The Kier molecular flexibility index (Phi) is 10.5. The third kappa shape index (κ3) is 8.33. The zero-order valence-corrected chi connectivity index (χ0v) is 20.7. The summed E-state index contributed by atoms with van der Waals surface area (Å²) in [7, 11) is 0. The normalized spacial score (nSPS) is 19.0. The number of unbranched alkanes of at least 4 members (excludes halogenated alkanes) is 5. The van der Waals surface area contributed by atoms with E-state index in [1.165, 1.54) is 25.7 Å². The highest BCUT2D eigenvalue weighted by atomic mass is 16.5. The molecular weight excluding hydrogens is 414 g/mol. The highest BCUT2D eigenvalue weighted by Crippen LogP contribution is 2.29. The van der Waals surface area contributed by atoms with Gasteiger partial charge in [0.1, 0.15) is 0 Å². The van der Waals surface area contributed by atoms with E-state index in [0.717, 1.165) is 69.8 Å². The van der Waals surface area contributed by atoms with Gasteiger partial charge in [-0.1, -0.05) is 46.0 Å². The lowest BCUT2D eigenvalue weighted by Crippen LogP contribution is -2.36. The molecule has 184 valence electrons. The van der Waals surface area contributed by atoms with E-state index in [2.05, 4.69) is 29.4 Å². The maximum atomic E-state index is 13.2. The Morgan fingerprint density at radius 3 is 2.55 bits per heavy atom. The van der Waals surface area contributed by atoms with Crippen molar-refractivity contribution in [1.29, 1.82) is 0 Å². The molecule has 1 aromatic carbocycles. The van der Waals surface area contributed by atoms with Crippen LogP contribution in [0.5, 0.6) is 0 Å². The van der Waals surface area contributed by atoms with Crippen molar-refractivity contribution in [2.45, 2.75) is 90.6 Å². The number of hydrogen-bond donors (Lipinski definition) is 2. The number of anilines is 2. The first kappa shape index (κ1) is 25.5. The number of amides is 2. The Labute approximate surface area is 199 Å². The number of benzene rings is 1. The number of carbonyl (C=O) groups is 2. The van der Waals surface area contributed by atoms with Gasteiger partial charge in [0.25, 0.3) is 5.91 Å². The summed E-state index contributed by atoms with van der Waals surface area (Å²) in [5.74, 6) is 0.653. The van der Waals surface area contributed by atoms with Crippen molar-refractivity contribution in [3.05, 3.63) is 23.8 Å². The van der Waals surface area contributed by atoms with Crippen LogP contribution in [0.2, 0.25) is 0 Å². The molecule has 6 heteroatoms. The summed E-state index contributed by atoms with van der Waals surface area (Å²) in [4.78, 5) is 27.9. The molecule has 2 aliphatic rings. The molecule has 2 amide bonds. The number of nitrogens with zero attached hydrogens (tertiary/aromatic N) is 1. The minimum Gasteiger partial charge on any atom is -0.376 e. The average molecular weight is 458 g/mol. The molecule has 1 aromatic rings. The van der Waals surface area contributed by atoms with Crippen molar-refractivity contribution in [1.82, 2.24) is 5.32 Å². The van der Waals surface area contributed by atoms with Crippen LogP contribution < -0.4 is 15.5 Å². The maximum absolute atomic E-state index is 13.2. The molecule has 2 N–H and O–H groups in total. The second-order valence-corrected chi connectivity index (χ2v) is 9.81. The van der Waals surface area contributed by atoms with Gasteiger partial charge in [-0.15, -0.1) is 0 Å². The van der Waals surface area contributed by atoms with Gasteiger partial charge in [-0.3, -0.25) is 9.59 Å². The van der Waals surface area contributed by atoms with Gasteiger partial charge in [0.15, 0.2) is 0 Å². The fourth-order valence-corrected chi connectivity index (χ4v) is 4.72. The topological polar surface area (TPSA) is 70.7 Å². The first-order valence-electron chi connectivity index (χ1n) is 13.2. The second kappa shape index (κ2) is 13.6. The van der Waals surface area contributed by atoms with Gasteiger partial charge >= 0.3 is 0 Å². The quantitative estimate of drug-likeness (QED) is 0.405. The Morgan fingerprint density at radius 2 is 1.82 bits per heavy atom. The molecule has 6 nitrogen and oxygen atoms in total. The number of rotatable bonds is 12. The summed E-state index contributed by atoms with van der Waals surface area (Å²) in [6, 6.07) is 5.78. The average Bonchev–Trinajstić information content (AvgIpc) is 3.34. The van der Waals surface area contributed by atoms with Crippen LogP contribution in [0, 0.1) is 5.92 Å². The van der Waals surface area contributed by atoms with Crippen LogP contribution in [0.4, 0.5) is 11.4 Å². The van der Waals surface area contributed by atoms with Crippen molar-refractivity contribution in [2.75, 3.05) is 36.5 Å². The van der Waals surface area contributed by atoms with Crippen molar-refractivity contribution in [3.8, 4) is 0 Å². The molecular formula is C27H43N3O3. The molecule has 3 rings (SSSR count). The maximum Gasteiger partial charge on any atom is 0.253 e. The van der Waals surface area contributed by atoms with Crippen LogP contribution in [0.3, 0.4) is 0 Å². The first-order valence-corrected chi connectivity index (χ1v) is 13.2. The fraction of sp³-hybridized carbons (Fsp3) is 0.704. The Bertz CT molecular complexity index is 753. The van der Waals surface area contributed by atoms with Crippen molar-refractivity contribution in [2.24, 2.45) is 5.92 Å². The van der Waals surface area contributed by atoms with Crippen molar-refractivity contribution < 1.29 is 14.3 Å². The van der Waals surface area contributed by atoms with E-state index in [1.807, 2.05) is 18.2 Å². The zero-order valence-electron chi connectivity index (χ0n) is 20.7. The minimum atomic E-state index is -0.0915. The third-order valence-corrected chi connectivity index (χ3v) is 6.92. The molecule has 2 heterocycles. The Morgan fingerprint density at radius 1 is 1.06 bits per heavy atom. The van der Waals surface area contributed by atoms with Crippen molar-refractivity contribution >= 4 is 23.2 Å². The first-order chi connectivity index (χ1) is 16.1. The molecule has 2 fully saturated rings. The van der Waals surface area contributed by atoms with Gasteiger partial charge in [0, 0.05) is 44.0 Å². The van der Waals surface area contributed by atoms with Gasteiger partial charge in [0.05, 0.1) is 11.7 Å². The lowest BCUT2D eigenvalue weighted by molar-refractivity contribution is -0.116. The molecule has 0 spiro atoms. The summed E-state index contributed by atoms with van der Waals surface area (Å²) in [5.41, 5.74) is 2.29. The van der Waals surface area contributed by atoms with Crippen LogP contribution in [0.15, 0.2) is 18.2 Å². The second-order valence-electron chi connectivity index (χ2n) is 9.81. The predicted octanol–water partition coefficient (Wildman–Crippen LogP) is 5.52. The minimum absolute atomic E-state index is 0.0238. The van der Waals surface area contributed by atoms with Gasteiger partial charge in [-0.2, -0.15) is 0 Å². The molecule has 2 aliphatic heterocycles. The number of ether oxygens (including phenoxy) is 1. The molecule has 0 aromatic heterocycles. The Balaban J connectivity index is 1.61. The standard InChI is InChI=1S/C27H43N3O3/c1-3-4-5-6-7-8-11-26(31)29-22-12-13-25(30-16-14-21(2)15-17-30)24(19-22)27(32)28-20-23-10-9-18-33-23/h12-13,19,21,23H,3-11,14-18,20H2,1-2H3,(H,28,32)(H,29,31). The largest absolute Gasteiger partial charge is 0.376 e.